The van der Waals surface area contributed by atoms with Gasteiger partial charge in [0.15, 0.2) is 0 Å². The molecule has 3 N–H and O–H groups in total. The highest BCUT2D eigenvalue weighted by molar-refractivity contribution is 6.31. The molecule has 32 heavy (non-hydrogen) atoms. The van der Waals surface area contributed by atoms with Gasteiger partial charge in [0.25, 0.3) is 11.8 Å². The van der Waals surface area contributed by atoms with Crippen molar-refractivity contribution >= 4 is 29.4 Å². The number of hydrogen-bond donors (Lipinski definition) is 3. The van der Waals surface area contributed by atoms with Gasteiger partial charge < -0.3 is 20.5 Å². The van der Waals surface area contributed by atoms with Crippen LogP contribution in [0.5, 0.6) is 5.75 Å². The summed E-state index contributed by atoms with van der Waals surface area (Å²) in [6, 6.07) is 10.2. The van der Waals surface area contributed by atoms with Crippen LogP contribution in [0.25, 0.3) is 0 Å². The first-order valence-electron chi connectivity index (χ1n) is 10.3. The van der Waals surface area contributed by atoms with Crippen molar-refractivity contribution < 1.29 is 28.6 Å². The zero-order valence-electron chi connectivity index (χ0n) is 17.3. The summed E-state index contributed by atoms with van der Waals surface area (Å²) in [6.07, 6.45) is 2.55. The Morgan fingerprint density at radius 3 is 2.09 bits per heavy atom. The van der Waals surface area contributed by atoms with E-state index in [1.54, 1.807) is 24.3 Å². The number of halogens is 2. The first-order chi connectivity index (χ1) is 15.3. The average Bonchev–Trinajstić information content (AvgIpc) is 2.76. The van der Waals surface area contributed by atoms with Crippen LogP contribution in [0.2, 0.25) is 5.02 Å². The Labute approximate surface area is 189 Å². The fourth-order valence-electron chi connectivity index (χ4n) is 3.55. The largest absolute Gasteiger partial charge is 0.490 e. The molecule has 1 fully saturated rings. The quantitative estimate of drug-likeness (QED) is 0.519. The van der Waals surface area contributed by atoms with Crippen molar-refractivity contribution in [2.75, 3.05) is 13.1 Å². The van der Waals surface area contributed by atoms with Gasteiger partial charge in [0.2, 0.25) is 0 Å². The molecule has 0 saturated heterocycles. The van der Waals surface area contributed by atoms with Crippen LogP contribution >= 0.6 is 11.6 Å². The third kappa shape index (κ3) is 6.68. The third-order valence-corrected chi connectivity index (χ3v) is 5.48. The molecule has 0 radical (unpaired) electrons. The van der Waals surface area contributed by atoms with Crippen molar-refractivity contribution in [1.82, 2.24) is 10.6 Å². The molecule has 0 aromatic heterocycles. The Morgan fingerprint density at radius 2 is 1.53 bits per heavy atom. The fraction of sp³-hybridized carbons (Fsp3) is 0.348. The Kier molecular flexibility index (Phi) is 8.05. The second-order valence-electron chi connectivity index (χ2n) is 7.62. The van der Waals surface area contributed by atoms with E-state index in [1.165, 1.54) is 6.07 Å². The molecule has 0 spiro atoms. The third-order valence-electron chi connectivity index (χ3n) is 5.26. The number of rotatable bonds is 8. The Bertz CT molecular complexity index is 955. The Balaban J connectivity index is 1.40. The van der Waals surface area contributed by atoms with E-state index in [0.29, 0.717) is 37.0 Å². The van der Waals surface area contributed by atoms with Crippen LogP contribution in [0.15, 0.2) is 42.5 Å². The normalized spacial score (nSPS) is 17.9. The van der Waals surface area contributed by atoms with Gasteiger partial charge in [0, 0.05) is 29.2 Å². The maximum Gasteiger partial charge on any atom is 0.306 e. The average molecular weight is 463 g/mol. The highest BCUT2D eigenvalue weighted by Gasteiger charge is 2.26. The van der Waals surface area contributed by atoms with E-state index in [1.807, 2.05) is 0 Å². The smallest absolute Gasteiger partial charge is 0.306 e. The van der Waals surface area contributed by atoms with E-state index >= 15 is 0 Å². The minimum Gasteiger partial charge on any atom is -0.490 e. The standard InChI is InChI=1S/C23H24ClFN2O5/c24-17-11-16(12-18(25)13-17)22(29)27-10-9-26-21(28)14-1-5-19(6-2-14)32-20-7-3-15(4-8-20)23(30)31/h1-2,5-6,11-13,15,20H,3-4,7-10H2,(H,26,28)(H,27,29)(H,30,31)/t15-,20+. The van der Waals surface area contributed by atoms with Gasteiger partial charge in [-0.05, 0) is 68.1 Å². The summed E-state index contributed by atoms with van der Waals surface area (Å²) in [5.74, 6) is -1.81. The van der Waals surface area contributed by atoms with Crippen LogP contribution in [-0.2, 0) is 4.79 Å². The number of carbonyl (C=O) groups excluding carboxylic acids is 2. The molecular weight excluding hydrogens is 439 g/mol. The van der Waals surface area contributed by atoms with Crippen LogP contribution in [0.4, 0.5) is 4.39 Å². The topological polar surface area (TPSA) is 105 Å². The summed E-state index contributed by atoms with van der Waals surface area (Å²) in [5, 5.41) is 14.5. The van der Waals surface area contributed by atoms with Gasteiger partial charge in [0.1, 0.15) is 11.6 Å². The molecule has 2 amide bonds. The van der Waals surface area contributed by atoms with E-state index in [2.05, 4.69) is 10.6 Å². The molecule has 1 aliphatic rings. The Hall–Kier alpha value is -3.13. The molecule has 170 valence electrons. The zero-order chi connectivity index (χ0) is 23.1. The summed E-state index contributed by atoms with van der Waals surface area (Å²) in [5.41, 5.74) is 0.545. The number of nitrogens with one attached hydrogen (secondary N) is 2. The molecule has 9 heteroatoms. The highest BCUT2D eigenvalue weighted by atomic mass is 35.5. The Morgan fingerprint density at radius 1 is 0.938 bits per heavy atom. The number of hydrogen-bond acceptors (Lipinski definition) is 4. The predicted octanol–water partition coefficient (Wildman–Crippen LogP) is 3.66. The lowest BCUT2D eigenvalue weighted by molar-refractivity contribution is -0.143. The molecule has 0 unspecified atom stereocenters. The molecule has 0 atom stereocenters. The van der Waals surface area contributed by atoms with Gasteiger partial charge in [-0.1, -0.05) is 11.6 Å². The molecule has 7 nitrogen and oxygen atoms in total. The molecule has 0 heterocycles. The van der Waals surface area contributed by atoms with Gasteiger partial charge in [-0.25, -0.2) is 4.39 Å². The number of carboxylic acid groups (broad SMARTS) is 1. The molecule has 0 bridgehead atoms. The van der Waals surface area contributed by atoms with E-state index in [4.69, 9.17) is 21.4 Å². The van der Waals surface area contributed by atoms with Gasteiger partial charge >= 0.3 is 5.97 Å². The second kappa shape index (κ2) is 10.9. The number of carboxylic acids is 1. The van der Waals surface area contributed by atoms with Crippen LogP contribution < -0.4 is 15.4 Å². The number of benzene rings is 2. The highest BCUT2D eigenvalue weighted by Crippen LogP contribution is 2.28. The van der Waals surface area contributed by atoms with Crippen LogP contribution in [-0.4, -0.2) is 42.1 Å². The number of aliphatic carboxylic acids is 1. The lowest BCUT2D eigenvalue weighted by atomic mass is 9.87. The monoisotopic (exact) mass is 462 g/mol. The SMILES string of the molecule is O=C(NCCNC(=O)c1cc(F)cc(Cl)c1)c1ccc(O[C@H]2CC[C@@H](C(=O)O)CC2)cc1. The second-order valence-corrected chi connectivity index (χ2v) is 8.06. The predicted molar refractivity (Wildman–Crippen MR) is 117 cm³/mol. The molecule has 2 aromatic rings. The summed E-state index contributed by atoms with van der Waals surface area (Å²) in [6.45, 7) is 0.359. The minimum atomic E-state index is -0.753. The lowest BCUT2D eigenvalue weighted by Crippen LogP contribution is -2.34. The van der Waals surface area contributed by atoms with Gasteiger partial charge in [-0.3, -0.25) is 14.4 Å². The summed E-state index contributed by atoms with van der Waals surface area (Å²) >= 11 is 5.74. The summed E-state index contributed by atoms with van der Waals surface area (Å²) in [4.78, 5) is 35.3. The molecule has 0 aliphatic heterocycles. The van der Waals surface area contributed by atoms with Gasteiger partial charge in [-0.15, -0.1) is 0 Å². The lowest BCUT2D eigenvalue weighted by Gasteiger charge is -2.26. The molecular formula is C23H24ClFN2O5. The zero-order valence-corrected chi connectivity index (χ0v) is 18.0. The molecule has 1 aliphatic carbocycles. The first kappa shape index (κ1) is 23.5. The van der Waals surface area contributed by atoms with Crippen molar-refractivity contribution in [3.63, 3.8) is 0 Å². The van der Waals surface area contributed by atoms with E-state index in [0.717, 1.165) is 12.1 Å². The van der Waals surface area contributed by atoms with Gasteiger partial charge in [-0.2, -0.15) is 0 Å². The van der Waals surface area contributed by atoms with Crippen LogP contribution in [0.1, 0.15) is 46.4 Å². The first-order valence-corrected chi connectivity index (χ1v) is 10.7. The number of amides is 2. The molecule has 3 rings (SSSR count). The maximum absolute atomic E-state index is 13.3. The fourth-order valence-corrected chi connectivity index (χ4v) is 3.77. The summed E-state index contributed by atoms with van der Waals surface area (Å²) < 4.78 is 19.2. The molecule has 2 aromatic carbocycles. The van der Waals surface area contributed by atoms with Crippen molar-refractivity contribution in [2.24, 2.45) is 5.92 Å². The van der Waals surface area contributed by atoms with Crippen molar-refractivity contribution in [3.8, 4) is 5.75 Å². The number of carbonyl (C=O) groups is 3. The van der Waals surface area contributed by atoms with Crippen LogP contribution in [0, 0.1) is 11.7 Å². The maximum atomic E-state index is 13.3. The van der Waals surface area contributed by atoms with E-state index in [9.17, 15) is 18.8 Å². The summed E-state index contributed by atoms with van der Waals surface area (Å²) in [7, 11) is 0. The van der Waals surface area contributed by atoms with Crippen molar-refractivity contribution in [3.05, 3.63) is 64.4 Å². The van der Waals surface area contributed by atoms with Gasteiger partial charge in [0.05, 0.1) is 12.0 Å². The van der Waals surface area contributed by atoms with Crippen molar-refractivity contribution in [2.45, 2.75) is 31.8 Å². The minimum absolute atomic E-state index is 0.0261. The van der Waals surface area contributed by atoms with E-state index < -0.39 is 17.7 Å². The number of ether oxygens (including phenoxy) is 1. The molecule has 1 saturated carbocycles. The van der Waals surface area contributed by atoms with Crippen LogP contribution in [0.3, 0.4) is 0 Å². The van der Waals surface area contributed by atoms with Crippen molar-refractivity contribution in [1.29, 1.82) is 0 Å². The van der Waals surface area contributed by atoms with E-state index in [-0.39, 0.29) is 41.6 Å².